The average molecular weight is 312 g/mol. The number of phenolic OH excluding ortho intramolecular Hbond substituents is 1. The first-order valence-electron chi connectivity index (χ1n) is 5.50. The standard InChI is InChI=1S/C13H10ClNO4S/c14-10-3-1-9(2-4-10)13(17)15-20(18,19)12-7-5-11(16)6-8-12/h1-8,16H,(H,15,17). The van der Waals surface area contributed by atoms with E-state index in [1.54, 1.807) is 0 Å². The number of hydrogen-bond acceptors (Lipinski definition) is 4. The van der Waals surface area contributed by atoms with E-state index in [0.29, 0.717) is 5.02 Å². The zero-order valence-corrected chi connectivity index (χ0v) is 11.6. The van der Waals surface area contributed by atoms with Crippen molar-refractivity contribution in [2.45, 2.75) is 4.90 Å². The number of sulfonamides is 1. The molecule has 0 heterocycles. The molecule has 0 radical (unpaired) electrons. The van der Waals surface area contributed by atoms with Crippen molar-refractivity contribution in [1.29, 1.82) is 0 Å². The van der Waals surface area contributed by atoms with E-state index in [4.69, 9.17) is 16.7 Å². The molecule has 0 unspecified atom stereocenters. The predicted octanol–water partition coefficient (Wildman–Crippen LogP) is 2.16. The topological polar surface area (TPSA) is 83.5 Å². The second kappa shape index (κ2) is 5.52. The van der Waals surface area contributed by atoms with Crippen LogP contribution in [0.1, 0.15) is 10.4 Å². The summed E-state index contributed by atoms with van der Waals surface area (Å²) in [5.74, 6) is -0.817. The molecule has 0 atom stereocenters. The van der Waals surface area contributed by atoms with Crippen molar-refractivity contribution >= 4 is 27.5 Å². The van der Waals surface area contributed by atoms with Crippen LogP contribution in [0.4, 0.5) is 0 Å². The molecule has 0 saturated carbocycles. The largest absolute Gasteiger partial charge is 0.508 e. The van der Waals surface area contributed by atoms with Gasteiger partial charge < -0.3 is 5.11 Å². The van der Waals surface area contributed by atoms with Gasteiger partial charge in [0.1, 0.15) is 5.75 Å². The van der Waals surface area contributed by atoms with Crippen molar-refractivity contribution in [1.82, 2.24) is 4.72 Å². The van der Waals surface area contributed by atoms with Crippen LogP contribution in [0.5, 0.6) is 5.75 Å². The number of carbonyl (C=O) groups excluding carboxylic acids is 1. The lowest BCUT2D eigenvalue weighted by Gasteiger charge is -2.07. The molecule has 2 N–H and O–H groups in total. The number of phenols is 1. The molecule has 1 amide bonds. The van der Waals surface area contributed by atoms with Crippen LogP contribution in [-0.2, 0) is 10.0 Å². The molecule has 0 aromatic heterocycles. The number of nitrogens with one attached hydrogen (secondary N) is 1. The molecular weight excluding hydrogens is 302 g/mol. The third-order valence-electron chi connectivity index (χ3n) is 2.48. The molecule has 0 fully saturated rings. The predicted molar refractivity (Wildman–Crippen MR) is 74.2 cm³/mol. The molecule has 0 aliphatic rings. The molecule has 20 heavy (non-hydrogen) atoms. The van der Waals surface area contributed by atoms with E-state index < -0.39 is 15.9 Å². The normalized spacial score (nSPS) is 11.1. The highest BCUT2D eigenvalue weighted by atomic mass is 35.5. The average Bonchev–Trinajstić information content (AvgIpc) is 2.39. The van der Waals surface area contributed by atoms with Crippen LogP contribution in [0.3, 0.4) is 0 Å². The van der Waals surface area contributed by atoms with Crippen LogP contribution in [0.25, 0.3) is 0 Å². The monoisotopic (exact) mass is 311 g/mol. The molecule has 0 aliphatic carbocycles. The fourth-order valence-corrected chi connectivity index (χ4v) is 2.57. The van der Waals surface area contributed by atoms with E-state index in [2.05, 4.69) is 0 Å². The fourth-order valence-electron chi connectivity index (χ4n) is 1.47. The SMILES string of the molecule is O=C(NS(=O)(=O)c1ccc(O)cc1)c1ccc(Cl)cc1. The smallest absolute Gasteiger partial charge is 0.264 e. The Kier molecular flexibility index (Phi) is 3.96. The van der Waals surface area contributed by atoms with Gasteiger partial charge in [-0.3, -0.25) is 4.79 Å². The second-order valence-electron chi connectivity index (χ2n) is 3.94. The molecule has 7 heteroatoms. The molecule has 2 aromatic carbocycles. The van der Waals surface area contributed by atoms with Gasteiger partial charge in [0.05, 0.1) is 4.90 Å². The summed E-state index contributed by atoms with van der Waals surface area (Å²) >= 11 is 5.69. The Morgan fingerprint density at radius 2 is 1.55 bits per heavy atom. The minimum atomic E-state index is -3.98. The number of halogens is 1. The highest BCUT2D eigenvalue weighted by molar-refractivity contribution is 7.90. The maximum Gasteiger partial charge on any atom is 0.264 e. The summed E-state index contributed by atoms with van der Waals surface area (Å²) in [6.45, 7) is 0. The van der Waals surface area contributed by atoms with Crippen molar-refractivity contribution in [2.24, 2.45) is 0 Å². The molecule has 0 spiro atoms. The van der Waals surface area contributed by atoms with Gasteiger partial charge in [0.25, 0.3) is 15.9 Å². The van der Waals surface area contributed by atoms with Crippen molar-refractivity contribution in [3.8, 4) is 5.75 Å². The molecule has 0 aliphatic heterocycles. The minimum absolute atomic E-state index is 0.0621. The quantitative estimate of drug-likeness (QED) is 0.910. The van der Waals surface area contributed by atoms with E-state index in [0.717, 1.165) is 0 Å². The summed E-state index contributed by atoms with van der Waals surface area (Å²) in [6, 6.07) is 10.7. The van der Waals surface area contributed by atoms with Crippen molar-refractivity contribution in [3.05, 3.63) is 59.1 Å². The van der Waals surface area contributed by atoms with Gasteiger partial charge in [0.2, 0.25) is 0 Å². The van der Waals surface area contributed by atoms with Gasteiger partial charge in [-0.05, 0) is 48.5 Å². The first kappa shape index (κ1) is 14.4. The summed E-state index contributed by atoms with van der Waals surface area (Å²) in [6.07, 6.45) is 0. The Morgan fingerprint density at radius 3 is 2.10 bits per heavy atom. The van der Waals surface area contributed by atoms with E-state index in [-0.39, 0.29) is 16.2 Å². The van der Waals surface area contributed by atoms with Crippen molar-refractivity contribution in [2.75, 3.05) is 0 Å². The van der Waals surface area contributed by atoms with Gasteiger partial charge in [-0.1, -0.05) is 11.6 Å². The highest BCUT2D eigenvalue weighted by Gasteiger charge is 2.18. The van der Waals surface area contributed by atoms with E-state index in [1.165, 1.54) is 48.5 Å². The molecule has 0 saturated heterocycles. The number of aromatic hydroxyl groups is 1. The minimum Gasteiger partial charge on any atom is -0.508 e. The third-order valence-corrected chi connectivity index (χ3v) is 4.08. The first-order valence-corrected chi connectivity index (χ1v) is 7.36. The Balaban J connectivity index is 2.22. The van der Waals surface area contributed by atoms with Gasteiger partial charge in [-0.25, -0.2) is 13.1 Å². The van der Waals surface area contributed by atoms with Crippen LogP contribution in [0.2, 0.25) is 5.02 Å². The number of carbonyl (C=O) groups is 1. The number of rotatable bonds is 3. The molecule has 5 nitrogen and oxygen atoms in total. The van der Waals surface area contributed by atoms with Crippen LogP contribution < -0.4 is 4.72 Å². The van der Waals surface area contributed by atoms with E-state index in [1.807, 2.05) is 4.72 Å². The lowest BCUT2D eigenvalue weighted by Crippen LogP contribution is -2.30. The summed E-state index contributed by atoms with van der Waals surface area (Å²) in [7, 11) is -3.98. The maximum atomic E-state index is 12.0. The third kappa shape index (κ3) is 3.28. The Labute approximate surface area is 120 Å². The lowest BCUT2D eigenvalue weighted by atomic mass is 10.2. The number of hydrogen-bond donors (Lipinski definition) is 2. The van der Waals surface area contributed by atoms with Crippen LogP contribution in [0.15, 0.2) is 53.4 Å². The zero-order chi connectivity index (χ0) is 14.8. The molecular formula is C13H10ClNO4S. The Bertz CT molecular complexity index is 724. The second-order valence-corrected chi connectivity index (χ2v) is 6.05. The number of amides is 1. The van der Waals surface area contributed by atoms with E-state index in [9.17, 15) is 13.2 Å². The van der Waals surface area contributed by atoms with Crippen molar-refractivity contribution in [3.63, 3.8) is 0 Å². The first-order chi connectivity index (χ1) is 9.38. The van der Waals surface area contributed by atoms with Crippen molar-refractivity contribution < 1.29 is 18.3 Å². The maximum absolute atomic E-state index is 12.0. The Hall–Kier alpha value is -2.05. The summed E-state index contributed by atoms with van der Waals surface area (Å²) < 4.78 is 25.8. The molecule has 104 valence electrons. The van der Waals surface area contributed by atoms with Crippen LogP contribution >= 0.6 is 11.6 Å². The van der Waals surface area contributed by atoms with Gasteiger partial charge >= 0.3 is 0 Å². The molecule has 2 rings (SSSR count). The highest BCUT2D eigenvalue weighted by Crippen LogP contribution is 2.15. The lowest BCUT2D eigenvalue weighted by molar-refractivity contribution is 0.0981. The Morgan fingerprint density at radius 1 is 1.00 bits per heavy atom. The summed E-state index contributed by atoms with van der Waals surface area (Å²) in [5, 5.41) is 9.56. The fraction of sp³-hybridized carbons (Fsp3) is 0. The van der Waals surface area contributed by atoms with Crippen LogP contribution in [0, 0.1) is 0 Å². The summed E-state index contributed by atoms with van der Waals surface area (Å²) in [4.78, 5) is 11.7. The van der Waals surface area contributed by atoms with Gasteiger partial charge in [0, 0.05) is 10.6 Å². The van der Waals surface area contributed by atoms with Crippen LogP contribution in [-0.4, -0.2) is 19.4 Å². The number of benzene rings is 2. The van der Waals surface area contributed by atoms with Gasteiger partial charge in [-0.15, -0.1) is 0 Å². The van der Waals surface area contributed by atoms with Gasteiger partial charge in [-0.2, -0.15) is 0 Å². The van der Waals surface area contributed by atoms with Gasteiger partial charge in [0.15, 0.2) is 0 Å². The van der Waals surface area contributed by atoms with E-state index >= 15 is 0 Å². The zero-order valence-electron chi connectivity index (χ0n) is 10.1. The summed E-state index contributed by atoms with van der Waals surface area (Å²) in [5.41, 5.74) is 0.178. The molecule has 0 bridgehead atoms. The molecule has 2 aromatic rings.